The van der Waals surface area contributed by atoms with Gasteiger partial charge < -0.3 is 9.47 Å². The number of hydrogen-bond acceptors (Lipinski definition) is 7. The molecule has 0 aromatic carbocycles. The van der Waals surface area contributed by atoms with E-state index in [9.17, 15) is 0 Å². The summed E-state index contributed by atoms with van der Waals surface area (Å²) >= 11 is 0. The van der Waals surface area contributed by atoms with Crippen molar-refractivity contribution in [1.29, 1.82) is 0 Å². The summed E-state index contributed by atoms with van der Waals surface area (Å²) < 4.78 is 10.6. The second-order valence-electron chi connectivity index (χ2n) is 4.40. The van der Waals surface area contributed by atoms with E-state index in [1.54, 1.807) is 31.6 Å². The first kappa shape index (κ1) is 15.1. The topological polar surface area (TPSA) is 95.2 Å². The maximum absolute atomic E-state index is 5.64. The molecule has 0 radical (unpaired) electrons. The third kappa shape index (κ3) is 3.87. The van der Waals surface area contributed by atoms with Crippen molar-refractivity contribution in [3.05, 3.63) is 41.9 Å². The van der Waals surface area contributed by atoms with Gasteiger partial charge in [0, 0.05) is 12.3 Å². The van der Waals surface area contributed by atoms with Crippen LogP contribution in [0.2, 0.25) is 0 Å². The fourth-order valence-corrected chi connectivity index (χ4v) is 1.84. The van der Waals surface area contributed by atoms with E-state index in [0.717, 1.165) is 12.0 Å². The SMILES string of the molecule is CCCOc1cncc(C(NN)c2ccc(OC)nn2)c1. The predicted molar refractivity (Wildman–Crippen MR) is 77.8 cm³/mol. The number of aromatic nitrogens is 3. The van der Waals surface area contributed by atoms with Crippen molar-refractivity contribution in [3.63, 3.8) is 0 Å². The molecule has 0 spiro atoms. The smallest absolute Gasteiger partial charge is 0.233 e. The van der Waals surface area contributed by atoms with Crippen molar-refractivity contribution in [2.24, 2.45) is 5.84 Å². The number of methoxy groups -OCH3 is 1. The van der Waals surface area contributed by atoms with Gasteiger partial charge in [0.05, 0.1) is 31.6 Å². The van der Waals surface area contributed by atoms with E-state index in [4.69, 9.17) is 15.3 Å². The Kier molecular flexibility index (Phi) is 5.42. The van der Waals surface area contributed by atoms with Gasteiger partial charge in [-0.3, -0.25) is 10.8 Å². The molecule has 0 amide bonds. The molecule has 3 N–H and O–H groups in total. The maximum atomic E-state index is 5.64. The maximum Gasteiger partial charge on any atom is 0.233 e. The molecule has 0 aliphatic rings. The number of hydrogen-bond donors (Lipinski definition) is 2. The molecule has 21 heavy (non-hydrogen) atoms. The average molecular weight is 289 g/mol. The van der Waals surface area contributed by atoms with Crippen molar-refractivity contribution in [2.75, 3.05) is 13.7 Å². The van der Waals surface area contributed by atoms with Crippen LogP contribution in [0.15, 0.2) is 30.6 Å². The molecule has 0 saturated heterocycles. The Morgan fingerprint density at radius 3 is 2.76 bits per heavy atom. The van der Waals surface area contributed by atoms with Crippen LogP contribution in [0, 0.1) is 0 Å². The molecule has 7 heteroatoms. The normalized spacial score (nSPS) is 12.0. The largest absolute Gasteiger partial charge is 0.492 e. The first-order valence-corrected chi connectivity index (χ1v) is 6.70. The summed E-state index contributed by atoms with van der Waals surface area (Å²) in [5.41, 5.74) is 4.24. The third-order valence-electron chi connectivity index (χ3n) is 2.87. The van der Waals surface area contributed by atoms with Gasteiger partial charge in [0.25, 0.3) is 0 Å². The molecule has 0 aliphatic heterocycles. The van der Waals surface area contributed by atoms with Crippen molar-refractivity contribution < 1.29 is 9.47 Å². The highest BCUT2D eigenvalue weighted by molar-refractivity contribution is 5.31. The first-order valence-electron chi connectivity index (χ1n) is 6.70. The van der Waals surface area contributed by atoms with Gasteiger partial charge in [-0.1, -0.05) is 6.92 Å². The van der Waals surface area contributed by atoms with Crippen LogP contribution in [0.1, 0.15) is 30.6 Å². The van der Waals surface area contributed by atoms with E-state index in [2.05, 4.69) is 27.5 Å². The zero-order chi connectivity index (χ0) is 15.1. The zero-order valence-electron chi connectivity index (χ0n) is 12.1. The Morgan fingerprint density at radius 2 is 2.14 bits per heavy atom. The van der Waals surface area contributed by atoms with Crippen LogP contribution < -0.4 is 20.7 Å². The Bertz CT molecular complexity index is 562. The molecule has 2 aromatic heterocycles. The summed E-state index contributed by atoms with van der Waals surface area (Å²) in [4.78, 5) is 4.17. The molecule has 0 saturated carbocycles. The Morgan fingerprint density at radius 1 is 1.29 bits per heavy atom. The fourth-order valence-electron chi connectivity index (χ4n) is 1.84. The third-order valence-corrected chi connectivity index (χ3v) is 2.87. The minimum absolute atomic E-state index is 0.318. The number of hydrazine groups is 1. The van der Waals surface area contributed by atoms with E-state index >= 15 is 0 Å². The van der Waals surface area contributed by atoms with Crippen LogP contribution in [0.5, 0.6) is 11.6 Å². The summed E-state index contributed by atoms with van der Waals surface area (Å²) in [6.45, 7) is 2.70. The van der Waals surface area contributed by atoms with Gasteiger partial charge in [-0.05, 0) is 24.1 Å². The Labute approximate surface area is 123 Å². The number of nitrogens with one attached hydrogen (secondary N) is 1. The molecule has 0 bridgehead atoms. The summed E-state index contributed by atoms with van der Waals surface area (Å²) in [6, 6.07) is 5.10. The van der Waals surface area contributed by atoms with Crippen molar-refractivity contribution in [2.45, 2.75) is 19.4 Å². The van der Waals surface area contributed by atoms with Crippen LogP contribution in [0.25, 0.3) is 0 Å². The van der Waals surface area contributed by atoms with Gasteiger partial charge in [-0.25, -0.2) is 5.43 Å². The number of nitrogens with zero attached hydrogens (tertiary/aromatic N) is 3. The summed E-state index contributed by atoms with van der Waals surface area (Å²) in [6.07, 6.45) is 4.33. The van der Waals surface area contributed by atoms with Crippen molar-refractivity contribution in [1.82, 2.24) is 20.6 Å². The number of nitrogens with two attached hydrogens (primary N) is 1. The van der Waals surface area contributed by atoms with Crippen LogP contribution in [-0.4, -0.2) is 28.9 Å². The second-order valence-corrected chi connectivity index (χ2v) is 4.40. The Balaban J connectivity index is 2.23. The van der Waals surface area contributed by atoms with Crippen LogP contribution >= 0.6 is 0 Å². The molecule has 1 atom stereocenters. The van der Waals surface area contributed by atoms with Crippen LogP contribution in [0.3, 0.4) is 0 Å². The van der Waals surface area contributed by atoms with Gasteiger partial charge in [0.2, 0.25) is 5.88 Å². The average Bonchev–Trinajstić information content (AvgIpc) is 2.55. The molecular formula is C14H19N5O2. The predicted octanol–water partition coefficient (Wildman–Crippen LogP) is 1.22. The second kappa shape index (κ2) is 7.51. The number of rotatable bonds is 7. The van der Waals surface area contributed by atoms with Crippen molar-refractivity contribution >= 4 is 0 Å². The molecule has 0 aliphatic carbocycles. The van der Waals surface area contributed by atoms with Gasteiger partial charge in [-0.15, -0.1) is 10.2 Å². The standard InChI is InChI=1S/C14H19N5O2/c1-3-6-21-11-7-10(8-16-9-11)14(17-15)12-4-5-13(20-2)19-18-12/h4-5,7-9,14,17H,3,6,15H2,1-2H3. The lowest BCUT2D eigenvalue weighted by atomic mass is 10.1. The molecule has 2 aromatic rings. The summed E-state index contributed by atoms with van der Waals surface area (Å²) in [5.74, 6) is 6.80. The van der Waals surface area contributed by atoms with E-state index in [-0.39, 0.29) is 6.04 Å². The molecule has 7 nitrogen and oxygen atoms in total. The highest BCUT2D eigenvalue weighted by Crippen LogP contribution is 2.22. The monoisotopic (exact) mass is 289 g/mol. The van der Waals surface area contributed by atoms with Gasteiger partial charge >= 0.3 is 0 Å². The molecule has 112 valence electrons. The van der Waals surface area contributed by atoms with Gasteiger partial charge in [-0.2, -0.15) is 0 Å². The van der Waals surface area contributed by atoms with Gasteiger partial charge in [0.15, 0.2) is 0 Å². The zero-order valence-corrected chi connectivity index (χ0v) is 12.1. The van der Waals surface area contributed by atoms with Crippen molar-refractivity contribution in [3.8, 4) is 11.6 Å². The summed E-state index contributed by atoms with van der Waals surface area (Å²) in [5, 5.41) is 8.05. The fraction of sp³-hybridized carbons (Fsp3) is 0.357. The first-order chi connectivity index (χ1) is 10.3. The molecule has 2 heterocycles. The van der Waals surface area contributed by atoms with E-state index in [1.165, 1.54) is 0 Å². The number of ether oxygens (including phenoxy) is 2. The molecule has 0 fully saturated rings. The highest BCUT2D eigenvalue weighted by Gasteiger charge is 2.16. The van der Waals surface area contributed by atoms with Crippen LogP contribution in [-0.2, 0) is 0 Å². The quantitative estimate of drug-likeness (QED) is 0.584. The van der Waals surface area contributed by atoms with Gasteiger partial charge in [0.1, 0.15) is 5.75 Å². The minimum Gasteiger partial charge on any atom is -0.492 e. The highest BCUT2D eigenvalue weighted by atomic mass is 16.5. The lowest BCUT2D eigenvalue weighted by molar-refractivity contribution is 0.315. The van der Waals surface area contributed by atoms with E-state index in [1.807, 2.05) is 6.07 Å². The minimum atomic E-state index is -0.318. The lowest BCUT2D eigenvalue weighted by Crippen LogP contribution is -2.29. The van der Waals surface area contributed by atoms with E-state index < -0.39 is 0 Å². The number of pyridine rings is 1. The molecular weight excluding hydrogens is 270 g/mol. The van der Waals surface area contributed by atoms with Crippen LogP contribution in [0.4, 0.5) is 0 Å². The lowest BCUT2D eigenvalue weighted by Gasteiger charge is -2.16. The Hall–Kier alpha value is -2.25. The summed E-state index contributed by atoms with van der Waals surface area (Å²) in [7, 11) is 1.54. The van der Waals surface area contributed by atoms with E-state index in [0.29, 0.717) is 23.9 Å². The molecule has 1 unspecified atom stereocenters. The molecule has 2 rings (SSSR count).